The molecule has 0 aliphatic rings. The molecule has 0 bridgehead atoms. The highest BCUT2D eigenvalue weighted by Gasteiger charge is 2.08. The Morgan fingerprint density at radius 1 is 0.938 bits per heavy atom. The molecule has 0 radical (unpaired) electrons. The zero-order valence-corrected chi connectivity index (χ0v) is 18.7. The van der Waals surface area contributed by atoms with Crippen LogP contribution in [0.25, 0.3) is 10.9 Å². The number of benzene rings is 3. The normalized spacial score (nSPS) is 10.5. The Morgan fingerprint density at radius 3 is 2.38 bits per heavy atom. The molecule has 0 aliphatic heterocycles. The summed E-state index contributed by atoms with van der Waals surface area (Å²) in [7, 11) is 0. The lowest BCUT2D eigenvalue weighted by atomic mass is 10.1. The average Bonchev–Trinajstić information content (AvgIpc) is 2.76. The highest BCUT2D eigenvalue weighted by molar-refractivity contribution is 6.04. The lowest BCUT2D eigenvalue weighted by molar-refractivity contribution is 0.102. The molecule has 164 valence electrons. The number of carbonyl (C=O) groups excluding carboxylic acids is 1. The molecule has 0 saturated heterocycles. The Balaban J connectivity index is 0.00000289. The number of hydrogen-bond acceptors (Lipinski definition) is 4. The second-order valence-electron chi connectivity index (χ2n) is 7.43. The van der Waals surface area contributed by atoms with Gasteiger partial charge in [0.25, 0.3) is 5.91 Å². The molecule has 4 aromatic rings. The number of aromatic nitrogens is 2. The van der Waals surface area contributed by atoms with Crippen LogP contribution in [-0.4, -0.2) is 22.4 Å². The maximum absolute atomic E-state index is 13.0. The minimum atomic E-state index is -0.366. The van der Waals surface area contributed by atoms with E-state index in [-0.39, 0.29) is 24.1 Å². The minimum Gasteiger partial charge on any atom is -0.369 e. The summed E-state index contributed by atoms with van der Waals surface area (Å²) in [5.74, 6) is 0.949. The highest BCUT2D eigenvalue weighted by atomic mass is 35.5. The van der Waals surface area contributed by atoms with Gasteiger partial charge in [0, 0.05) is 23.2 Å². The molecule has 1 heterocycles. The first kappa shape index (κ1) is 23.2. The molecule has 4 rings (SSSR count). The zero-order valence-electron chi connectivity index (χ0n) is 17.9. The average molecular weight is 451 g/mol. The molecule has 5 nitrogen and oxygen atoms in total. The van der Waals surface area contributed by atoms with E-state index < -0.39 is 0 Å². The van der Waals surface area contributed by atoms with Gasteiger partial charge in [-0.15, -0.1) is 12.4 Å². The molecule has 0 unspecified atom stereocenters. The van der Waals surface area contributed by atoms with Crippen LogP contribution < -0.4 is 10.6 Å². The van der Waals surface area contributed by atoms with Gasteiger partial charge in [0.15, 0.2) is 0 Å². The van der Waals surface area contributed by atoms with Gasteiger partial charge in [0.05, 0.1) is 5.52 Å². The second-order valence-corrected chi connectivity index (χ2v) is 7.43. The third kappa shape index (κ3) is 5.39. The number of aryl methyl sites for hydroxylation is 2. The Morgan fingerprint density at radius 2 is 1.66 bits per heavy atom. The molecule has 7 heteroatoms. The fourth-order valence-electron chi connectivity index (χ4n) is 3.43. The molecule has 0 spiro atoms. The van der Waals surface area contributed by atoms with Gasteiger partial charge in [0.2, 0.25) is 0 Å². The summed E-state index contributed by atoms with van der Waals surface area (Å²) in [6, 6.07) is 19.3. The van der Waals surface area contributed by atoms with Crippen LogP contribution in [0.1, 0.15) is 27.3 Å². The van der Waals surface area contributed by atoms with Crippen molar-refractivity contribution in [2.75, 3.05) is 17.2 Å². The van der Waals surface area contributed by atoms with Gasteiger partial charge in [-0.2, -0.15) is 0 Å². The molecule has 0 saturated carbocycles. The van der Waals surface area contributed by atoms with Crippen molar-refractivity contribution < 1.29 is 9.18 Å². The van der Waals surface area contributed by atoms with Crippen LogP contribution >= 0.6 is 12.4 Å². The number of rotatable bonds is 6. The fourth-order valence-corrected chi connectivity index (χ4v) is 3.43. The number of hydrogen-bond donors (Lipinski definition) is 2. The summed E-state index contributed by atoms with van der Waals surface area (Å²) in [5.41, 5.74) is 4.35. The van der Waals surface area contributed by atoms with Crippen LogP contribution in [0.3, 0.4) is 0 Å². The molecule has 1 aromatic heterocycles. The molecule has 1 amide bonds. The lowest BCUT2D eigenvalue weighted by Gasteiger charge is -2.11. The van der Waals surface area contributed by atoms with E-state index in [2.05, 4.69) is 33.6 Å². The highest BCUT2D eigenvalue weighted by Crippen LogP contribution is 2.23. The van der Waals surface area contributed by atoms with Gasteiger partial charge in [0.1, 0.15) is 17.5 Å². The van der Waals surface area contributed by atoms with Crippen LogP contribution in [0.5, 0.6) is 0 Å². The van der Waals surface area contributed by atoms with E-state index in [4.69, 9.17) is 0 Å². The van der Waals surface area contributed by atoms with Crippen molar-refractivity contribution in [1.82, 2.24) is 9.97 Å². The molecule has 32 heavy (non-hydrogen) atoms. The van der Waals surface area contributed by atoms with Gasteiger partial charge in [-0.1, -0.05) is 24.3 Å². The van der Waals surface area contributed by atoms with Gasteiger partial charge in [-0.3, -0.25) is 4.79 Å². The maximum Gasteiger partial charge on any atom is 0.255 e. The Labute approximate surface area is 192 Å². The van der Waals surface area contributed by atoms with Crippen LogP contribution in [0.15, 0.2) is 66.7 Å². The van der Waals surface area contributed by atoms with Gasteiger partial charge in [-0.25, -0.2) is 14.4 Å². The molecule has 0 atom stereocenters. The summed E-state index contributed by atoms with van der Waals surface area (Å²) >= 11 is 0. The van der Waals surface area contributed by atoms with Gasteiger partial charge >= 0.3 is 0 Å². The summed E-state index contributed by atoms with van der Waals surface area (Å²) in [6.45, 7) is 4.67. The quantitative estimate of drug-likeness (QED) is 0.394. The Hall–Kier alpha value is -3.51. The van der Waals surface area contributed by atoms with Crippen molar-refractivity contribution in [3.63, 3.8) is 0 Å². The van der Waals surface area contributed by atoms with Crippen molar-refractivity contribution in [3.05, 3.63) is 95.1 Å². The van der Waals surface area contributed by atoms with Gasteiger partial charge < -0.3 is 10.6 Å². The standard InChI is InChI=1S/C25H23FN4O.ClH/c1-16-4-3-5-22-23(16)28-17(2)29-24(22)27-15-14-18-6-12-21(13-7-18)30-25(31)19-8-10-20(26)11-9-19;/h3-13H,14-15H2,1-2H3,(H,30,31)(H,27,28,29);1H. The topological polar surface area (TPSA) is 66.9 Å². The lowest BCUT2D eigenvalue weighted by Crippen LogP contribution is -2.12. The van der Waals surface area contributed by atoms with Crippen molar-refractivity contribution in [3.8, 4) is 0 Å². The number of fused-ring (bicyclic) bond motifs is 1. The van der Waals surface area contributed by atoms with Crippen LogP contribution in [-0.2, 0) is 6.42 Å². The summed E-state index contributed by atoms with van der Waals surface area (Å²) in [5, 5.41) is 7.27. The molecular weight excluding hydrogens is 427 g/mol. The first-order chi connectivity index (χ1) is 15.0. The summed E-state index contributed by atoms with van der Waals surface area (Å²) in [6.07, 6.45) is 0.808. The fraction of sp³-hybridized carbons (Fsp3) is 0.160. The van der Waals surface area contributed by atoms with E-state index >= 15 is 0 Å². The van der Waals surface area contributed by atoms with Crippen LogP contribution in [0, 0.1) is 19.7 Å². The second kappa shape index (κ2) is 10.2. The summed E-state index contributed by atoms with van der Waals surface area (Å²) < 4.78 is 13.0. The number of halogens is 2. The molecule has 2 N–H and O–H groups in total. The zero-order chi connectivity index (χ0) is 21.8. The Kier molecular flexibility index (Phi) is 7.38. The third-order valence-electron chi connectivity index (χ3n) is 5.06. The number of nitrogens with zero attached hydrogens (tertiary/aromatic N) is 2. The summed E-state index contributed by atoms with van der Waals surface area (Å²) in [4.78, 5) is 21.4. The number of para-hydroxylation sites is 1. The number of amides is 1. The van der Waals surface area contributed by atoms with Crippen molar-refractivity contribution >= 4 is 40.7 Å². The SMILES string of the molecule is Cc1nc(NCCc2ccc(NC(=O)c3ccc(F)cc3)cc2)c2cccc(C)c2n1.Cl. The number of nitrogens with one attached hydrogen (secondary N) is 2. The van der Waals surface area contributed by atoms with E-state index in [1.165, 1.54) is 24.3 Å². The minimum absolute atomic E-state index is 0. The first-order valence-corrected chi connectivity index (χ1v) is 10.1. The third-order valence-corrected chi connectivity index (χ3v) is 5.06. The molecule has 3 aromatic carbocycles. The first-order valence-electron chi connectivity index (χ1n) is 10.1. The maximum atomic E-state index is 13.0. The van der Waals surface area contributed by atoms with Crippen molar-refractivity contribution in [2.24, 2.45) is 0 Å². The van der Waals surface area contributed by atoms with E-state index in [9.17, 15) is 9.18 Å². The predicted octanol–water partition coefficient (Wildman–Crippen LogP) is 5.71. The molecular formula is C25H24ClFN4O. The van der Waals surface area contributed by atoms with Crippen LogP contribution in [0.2, 0.25) is 0 Å². The monoisotopic (exact) mass is 450 g/mol. The van der Waals surface area contributed by atoms with Crippen molar-refractivity contribution in [2.45, 2.75) is 20.3 Å². The van der Waals surface area contributed by atoms with E-state index in [1.54, 1.807) is 0 Å². The van der Waals surface area contributed by atoms with E-state index in [0.29, 0.717) is 11.3 Å². The smallest absolute Gasteiger partial charge is 0.255 e. The number of carbonyl (C=O) groups is 1. The van der Waals surface area contributed by atoms with Gasteiger partial charge in [-0.05, 0) is 73.9 Å². The number of anilines is 2. The predicted molar refractivity (Wildman–Crippen MR) is 129 cm³/mol. The van der Waals surface area contributed by atoms with E-state index in [1.807, 2.05) is 43.3 Å². The van der Waals surface area contributed by atoms with Crippen LogP contribution in [0.4, 0.5) is 15.9 Å². The van der Waals surface area contributed by atoms with E-state index in [0.717, 1.165) is 46.6 Å². The Bertz CT molecular complexity index is 1230. The molecule has 0 aliphatic carbocycles. The largest absolute Gasteiger partial charge is 0.369 e. The van der Waals surface area contributed by atoms with Crippen molar-refractivity contribution in [1.29, 1.82) is 0 Å². The molecule has 0 fully saturated rings.